The quantitative estimate of drug-likeness (QED) is 0.756. The third kappa shape index (κ3) is 5.27. The van der Waals surface area contributed by atoms with Crippen LogP contribution in [0.15, 0.2) is 18.2 Å². The van der Waals surface area contributed by atoms with Gasteiger partial charge in [0.25, 0.3) is 0 Å². The molecule has 0 spiro atoms. The highest BCUT2D eigenvalue weighted by atomic mass is 16.5. The number of carboxylic acid groups (broad SMARTS) is 1. The van der Waals surface area contributed by atoms with Crippen LogP contribution in [0.2, 0.25) is 0 Å². The van der Waals surface area contributed by atoms with Crippen LogP contribution < -0.4 is 10.1 Å². The minimum Gasteiger partial charge on any atom is -0.491 e. The maximum absolute atomic E-state index is 11.8. The van der Waals surface area contributed by atoms with Gasteiger partial charge in [-0.15, -0.1) is 0 Å². The number of carbonyl (C=O) groups is 2. The van der Waals surface area contributed by atoms with Gasteiger partial charge in [0.2, 0.25) is 0 Å². The normalized spacial score (nSPS) is 11.6. The first kappa shape index (κ1) is 17.8. The van der Waals surface area contributed by atoms with E-state index in [1.807, 2.05) is 32.0 Å². The summed E-state index contributed by atoms with van der Waals surface area (Å²) >= 11 is 0. The lowest BCUT2D eigenvalue weighted by atomic mass is 10.1. The molecule has 1 aromatic rings. The van der Waals surface area contributed by atoms with E-state index in [9.17, 15) is 9.59 Å². The molecule has 0 aliphatic rings. The summed E-state index contributed by atoms with van der Waals surface area (Å²) in [6.07, 6.45) is 0. The Hall–Kier alpha value is -2.24. The molecule has 2 amide bonds. The smallest absolute Gasteiger partial charge is 0.317 e. The number of para-hydroxylation sites is 1. The van der Waals surface area contributed by atoms with Gasteiger partial charge in [-0.1, -0.05) is 25.1 Å². The minimum absolute atomic E-state index is 0.166. The Bertz CT molecular complexity index is 511. The van der Waals surface area contributed by atoms with Crippen molar-refractivity contribution < 1.29 is 19.4 Å². The molecule has 6 nitrogen and oxygen atoms in total. The number of aliphatic carboxylic acids is 1. The van der Waals surface area contributed by atoms with E-state index in [0.717, 1.165) is 16.9 Å². The zero-order valence-corrected chi connectivity index (χ0v) is 13.5. The summed E-state index contributed by atoms with van der Waals surface area (Å²) in [4.78, 5) is 23.9. The van der Waals surface area contributed by atoms with Crippen molar-refractivity contribution in [2.45, 2.75) is 20.8 Å². The minimum atomic E-state index is -0.919. The van der Waals surface area contributed by atoms with Crippen LogP contribution in [0.5, 0.6) is 5.75 Å². The van der Waals surface area contributed by atoms with E-state index in [0.29, 0.717) is 13.2 Å². The lowest BCUT2D eigenvalue weighted by Gasteiger charge is -2.20. The van der Waals surface area contributed by atoms with Gasteiger partial charge >= 0.3 is 12.0 Å². The van der Waals surface area contributed by atoms with E-state index in [4.69, 9.17) is 9.84 Å². The maximum atomic E-state index is 11.8. The Labute approximate surface area is 131 Å². The average molecular weight is 308 g/mol. The van der Waals surface area contributed by atoms with E-state index < -0.39 is 11.9 Å². The average Bonchev–Trinajstić information content (AvgIpc) is 2.45. The van der Waals surface area contributed by atoms with Gasteiger partial charge in [-0.2, -0.15) is 0 Å². The summed E-state index contributed by atoms with van der Waals surface area (Å²) in [5.74, 6) is -0.677. The second-order valence-corrected chi connectivity index (χ2v) is 5.42. The van der Waals surface area contributed by atoms with Gasteiger partial charge in [0, 0.05) is 13.6 Å². The van der Waals surface area contributed by atoms with Crippen LogP contribution in [0, 0.1) is 19.8 Å². The first-order chi connectivity index (χ1) is 10.3. The number of urea groups is 1. The van der Waals surface area contributed by atoms with Crippen LogP contribution in [0.1, 0.15) is 18.1 Å². The Morgan fingerprint density at radius 3 is 2.45 bits per heavy atom. The van der Waals surface area contributed by atoms with Crippen LogP contribution in [0.3, 0.4) is 0 Å². The van der Waals surface area contributed by atoms with Crippen molar-refractivity contribution >= 4 is 12.0 Å². The lowest BCUT2D eigenvalue weighted by Crippen LogP contribution is -2.42. The number of aryl methyl sites for hydroxylation is 2. The fourth-order valence-corrected chi connectivity index (χ4v) is 2.04. The van der Waals surface area contributed by atoms with Gasteiger partial charge in [0.05, 0.1) is 12.5 Å². The summed E-state index contributed by atoms with van der Waals surface area (Å²) in [6.45, 7) is 6.40. The molecule has 1 aromatic carbocycles. The topological polar surface area (TPSA) is 78.9 Å². The first-order valence-electron chi connectivity index (χ1n) is 7.23. The summed E-state index contributed by atoms with van der Waals surface area (Å²) in [5, 5.41) is 11.5. The predicted molar refractivity (Wildman–Crippen MR) is 84.2 cm³/mol. The van der Waals surface area contributed by atoms with E-state index >= 15 is 0 Å². The van der Waals surface area contributed by atoms with Crippen molar-refractivity contribution in [2.24, 2.45) is 5.92 Å². The fourth-order valence-electron chi connectivity index (χ4n) is 2.04. The lowest BCUT2D eigenvalue weighted by molar-refractivity contribution is -0.141. The van der Waals surface area contributed by atoms with Crippen LogP contribution >= 0.6 is 0 Å². The van der Waals surface area contributed by atoms with Crippen molar-refractivity contribution in [1.82, 2.24) is 10.2 Å². The summed E-state index contributed by atoms with van der Waals surface area (Å²) in [5.41, 5.74) is 2.11. The molecule has 0 fully saturated rings. The SMILES string of the molecule is Cc1cccc(C)c1OCCNC(=O)N(C)CC(C)C(=O)O. The molecule has 1 atom stereocenters. The number of benzene rings is 1. The van der Waals surface area contributed by atoms with Crippen LogP contribution in [0.25, 0.3) is 0 Å². The molecule has 122 valence electrons. The third-order valence-electron chi connectivity index (χ3n) is 3.35. The standard InChI is InChI=1S/C16H24N2O4/c1-11-6-5-7-12(2)14(11)22-9-8-17-16(21)18(4)10-13(3)15(19)20/h5-7,13H,8-10H2,1-4H3,(H,17,21)(H,19,20). The second-order valence-electron chi connectivity index (χ2n) is 5.42. The number of carboxylic acids is 1. The summed E-state index contributed by atoms with van der Waals surface area (Å²) in [6, 6.07) is 5.61. The van der Waals surface area contributed by atoms with Crippen molar-refractivity contribution in [3.8, 4) is 5.75 Å². The van der Waals surface area contributed by atoms with E-state index in [1.54, 1.807) is 14.0 Å². The predicted octanol–water partition coefficient (Wildman–Crippen LogP) is 2.04. The zero-order chi connectivity index (χ0) is 16.7. The molecule has 0 radical (unpaired) electrons. The highest BCUT2D eigenvalue weighted by Crippen LogP contribution is 2.21. The Morgan fingerprint density at radius 2 is 1.91 bits per heavy atom. The monoisotopic (exact) mass is 308 g/mol. The second kappa shape index (κ2) is 8.26. The number of nitrogens with zero attached hydrogens (tertiary/aromatic N) is 1. The van der Waals surface area contributed by atoms with Crippen molar-refractivity contribution in [2.75, 3.05) is 26.7 Å². The summed E-state index contributed by atoms with van der Waals surface area (Å²) < 4.78 is 5.69. The molecule has 6 heteroatoms. The third-order valence-corrected chi connectivity index (χ3v) is 3.35. The van der Waals surface area contributed by atoms with Gasteiger partial charge in [0.15, 0.2) is 0 Å². The van der Waals surface area contributed by atoms with E-state index in [-0.39, 0.29) is 12.6 Å². The summed E-state index contributed by atoms with van der Waals surface area (Å²) in [7, 11) is 1.57. The molecule has 1 rings (SSSR count). The maximum Gasteiger partial charge on any atom is 0.317 e. The van der Waals surface area contributed by atoms with Gasteiger partial charge in [0.1, 0.15) is 12.4 Å². The molecule has 2 N–H and O–H groups in total. The largest absolute Gasteiger partial charge is 0.491 e. The number of nitrogens with one attached hydrogen (secondary N) is 1. The van der Waals surface area contributed by atoms with Crippen LogP contribution in [0.4, 0.5) is 4.79 Å². The van der Waals surface area contributed by atoms with Crippen molar-refractivity contribution in [3.05, 3.63) is 29.3 Å². The molecule has 0 bridgehead atoms. The molecule has 0 heterocycles. The van der Waals surface area contributed by atoms with Gasteiger partial charge in [-0.3, -0.25) is 4.79 Å². The molecule has 0 aromatic heterocycles. The highest BCUT2D eigenvalue weighted by Gasteiger charge is 2.16. The first-order valence-corrected chi connectivity index (χ1v) is 7.23. The zero-order valence-electron chi connectivity index (χ0n) is 13.5. The number of ether oxygens (including phenoxy) is 1. The number of hydrogen-bond acceptors (Lipinski definition) is 3. The molecule has 22 heavy (non-hydrogen) atoms. The van der Waals surface area contributed by atoms with Crippen LogP contribution in [-0.2, 0) is 4.79 Å². The number of amides is 2. The van der Waals surface area contributed by atoms with E-state index in [1.165, 1.54) is 4.90 Å². The van der Waals surface area contributed by atoms with Gasteiger partial charge < -0.3 is 20.1 Å². The Balaban J connectivity index is 2.35. The molecule has 0 saturated heterocycles. The van der Waals surface area contributed by atoms with Crippen molar-refractivity contribution in [1.29, 1.82) is 0 Å². The fraction of sp³-hybridized carbons (Fsp3) is 0.500. The highest BCUT2D eigenvalue weighted by molar-refractivity contribution is 5.75. The van der Waals surface area contributed by atoms with Gasteiger partial charge in [-0.05, 0) is 25.0 Å². The molecule has 0 saturated carbocycles. The molecule has 1 unspecified atom stereocenters. The Kier molecular flexibility index (Phi) is 6.69. The molecule has 0 aliphatic heterocycles. The number of carbonyl (C=O) groups excluding carboxylic acids is 1. The molecular weight excluding hydrogens is 284 g/mol. The molecular formula is C16H24N2O4. The van der Waals surface area contributed by atoms with Crippen LogP contribution in [-0.4, -0.2) is 48.8 Å². The molecule has 0 aliphatic carbocycles. The van der Waals surface area contributed by atoms with Crippen molar-refractivity contribution in [3.63, 3.8) is 0 Å². The number of hydrogen-bond donors (Lipinski definition) is 2. The Morgan fingerprint density at radius 1 is 1.32 bits per heavy atom. The van der Waals surface area contributed by atoms with Gasteiger partial charge in [-0.25, -0.2) is 4.79 Å². The van der Waals surface area contributed by atoms with E-state index in [2.05, 4.69) is 5.32 Å². The number of rotatable bonds is 7.